The van der Waals surface area contributed by atoms with Crippen molar-refractivity contribution in [3.05, 3.63) is 63.1 Å². The van der Waals surface area contributed by atoms with Gasteiger partial charge in [-0.05, 0) is 17.7 Å². The van der Waals surface area contributed by atoms with E-state index >= 15 is 0 Å². The van der Waals surface area contributed by atoms with Gasteiger partial charge in [-0.15, -0.1) is 0 Å². The number of benzene rings is 2. The van der Waals surface area contributed by atoms with E-state index < -0.39 is 16.7 Å². The van der Waals surface area contributed by atoms with Gasteiger partial charge in [-0.3, -0.25) is 0 Å². The summed E-state index contributed by atoms with van der Waals surface area (Å²) in [4.78, 5) is 0. The average molecular weight is 314 g/mol. The van der Waals surface area contributed by atoms with Crippen LogP contribution in [0.4, 0.5) is 8.78 Å². The molecule has 0 radical (unpaired) electrons. The van der Waals surface area contributed by atoms with Crippen molar-refractivity contribution in [3.63, 3.8) is 0 Å². The molecule has 6 heteroatoms. The Hall–Kier alpha value is -1.83. The second kappa shape index (κ2) is 6.08. The molecule has 20 heavy (non-hydrogen) atoms. The Balaban J connectivity index is 2.21. The predicted octanol–water partition coefficient (Wildman–Crippen LogP) is 4.72. The normalized spacial score (nSPS) is 10.2. The van der Waals surface area contributed by atoms with Gasteiger partial charge in [0.15, 0.2) is 5.82 Å². The number of ether oxygens (including phenoxy) is 1. The summed E-state index contributed by atoms with van der Waals surface area (Å²) in [6.07, 6.45) is 0. The summed E-state index contributed by atoms with van der Waals surface area (Å²) >= 11 is 11.1. The van der Waals surface area contributed by atoms with Gasteiger partial charge in [0.2, 0.25) is 0 Å². The van der Waals surface area contributed by atoms with Crippen LogP contribution in [0.15, 0.2) is 30.3 Å². The SMILES string of the molecule is N#Cc1cccc(COc2cc(F)c(Cl)c(F)c2Cl)c1. The van der Waals surface area contributed by atoms with Crippen molar-refractivity contribution in [1.82, 2.24) is 0 Å². The Bertz CT molecular complexity index is 698. The molecule has 0 spiro atoms. The summed E-state index contributed by atoms with van der Waals surface area (Å²) in [5, 5.41) is 7.71. The third kappa shape index (κ3) is 3.01. The fourth-order valence-electron chi connectivity index (χ4n) is 1.55. The van der Waals surface area contributed by atoms with E-state index in [-0.39, 0.29) is 17.4 Å². The summed E-state index contributed by atoms with van der Waals surface area (Å²) in [6, 6.07) is 9.55. The van der Waals surface area contributed by atoms with Crippen LogP contribution in [-0.2, 0) is 6.61 Å². The number of hydrogen-bond acceptors (Lipinski definition) is 2. The van der Waals surface area contributed by atoms with Gasteiger partial charge in [0.05, 0.1) is 11.6 Å². The second-order valence-electron chi connectivity index (χ2n) is 3.90. The molecule has 2 rings (SSSR count). The van der Waals surface area contributed by atoms with E-state index in [1.54, 1.807) is 24.3 Å². The van der Waals surface area contributed by atoms with E-state index in [0.29, 0.717) is 11.1 Å². The van der Waals surface area contributed by atoms with Crippen molar-refractivity contribution in [1.29, 1.82) is 5.26 Å². The maximum Gasteiger partial charge on any atom is 0.167 e. The lowest BCUT2D eigenvalue weighted by molar-refractivity contribution is 0.303. The zero-order valence-corrected chi connectivity index (χ0v) is 11.5. The Morgan fingerprint density at radius 2 is 1.90 bits per heavy atom. The highest BCUT2D eigenvalue weighted by atomic mass is 35.5. The van der Waals surface area contributed by atoms with Crippen LogP contribution in [0.3, 0.4) is 0 Å². The zero-order valence-electron chi connectivity index (χ0n) is 9.96. The van der Waals surface area contributed by atoms with Crippen molar-refractivity contribution < 1.29 is 13.5 Å². The molecule has 2 nitrogen and oxygen atoms in total. The first-order valence-electron chi connectivity index (χ1n) is 5.47. The molecule has 0 saturated carbocycles. The molecule has 0 heterocycles. The Morgan fingerprint density at radius 3 is 2.60 bits per heavy atom. The molecule has 0 aliphatic rings. The lowest BCUT2D eigenvalue weighted by Gasteiger charge is -2.10. The molecule has 0 bridgehead atoms. The first-order chi connectivity index (χ1) is 9.52. The smallest absolute Gasteiger partial charge is 0.167 e. The molecule has 0 aliphatic heterocycles. The van der Waals surface area contributed by atoms with E-state index in [9.17, 15) is 8.78 Å². The molecule has 0 fully saturated rings. The lowest BCUT2D eigenvalue weighted by Crippen LogP contribution is -1.99. The van der Waals surface area contributed by atoms with Crippen molar-refractivity contribution >= 4 is 23.2 Å². The van der Waals surface area contributed by atoms with Crippen LogP contribution < -0.4 is 4.74 Å². The number of rotatable bonds is 3. The Kier molecular flexibility index (Phi) is 4.43. The van der Waals surface area contributed by atoms with Gasteiger partial charge in [-0.1, -0.05) is 35.3 Å². The highest BCUT2D eigenvalue weighted by molar-refractivity contribution is 6.35. The Morgan fingerprint density at radius 1 is 1.15 bits per heavy atom. The van der Waals surface area contributed by atoms with Gasteiger partial charge in [0.1, 0.15) is 28.2 Å². The minimum atomic E-state index is -1.06. The number of nitrogens with zero attached hydrogens (tertiary/aromatic N) is 1. The molecule has 0 saturated heterocycles. The molecular formula is C14H7Cl2F2NO. The highest BCUT2D eigenvalue weighted by Crippen LogP contribution is 2.34. The first kappa shape index (κ1) is 14.6. The molecule has 0 N–H and O–H groups in total. The van der Waals surface area contributed by atoms with Crippen LogP contribution in [0.25, 0.3) is 0 Å². The van der Waals surface area contributed by atoms with Crippen LogP contribution in [0.1, 0.15) is 11.1 Å². The first-order valence-corrected chi connectivity index (χ1v) is 6.23. The fraction of sp³-hybridized carbons (Fsp3) is 0.0714. The van der Waals surface area contributed by atoms with Crippen LogP contribution in [0.5, 0.6) is 5.75 Å². The van der Waals surface area contributed by atoms with Crippen molar-refractivity contribution in [2.24, 2.45) is 0 Å². The largest absolute Gasteiger partial charge is 0.487 e. The van der Waals surface area contributed by atoms with Gasteiger partial charge in [-0.25, -0.2) is 8.78 Å². The third-order valence-corrected chi connectivity index (χ3v) is 3.22. The maximum atomic E-state index is 13.5. The van der Waals surface area contributed by atoms with Crippen LogP contribution in [0.2, 0.25) is 10.0 Å². The van der Waals surface area contributed by atoms with Crippen LogP contribution in [-0.4, -0.2) is 0 Å². The fourth-order valence-corrected chi connectivity index (χ4v) is 1.95. The molecule has 0 unspecified atom stereocenters. The van der Waals surface area contributed by atoms with Gasteiger partial charge >= 0.3 is 0 Å². The van der Waals surface area contributed by atoms with E-state index in [1.165, 1.54) is 0 Å². The predicted molar refractivity (Wildman–Crippen MR) is 71.9 cm³/mol. The molecule has 2 aromatic rings. The Labute approximate surface area is 124 Å². The van der Waals surface area contributed by atoms with Gasteiger partial charge < -0.3 is 4.74 Å². The van der Waals surface area contributed by atoms with E-state index in [0.717, 1.165) is 6.07 Å². The van der Waals surface area contributed by atoms with Crippen LogP contribution >= 0.6 is 23.2 Å². The maximum absolute atomic E-state index is 13.5. The third-order valence-electron chi connectivity index (χ3n) is 2.52. The summed E-state index contributed by atoms with van der Waals surface area (Å²) < 4.78 is 32.0. The van der Waals surface area contributed by atoms with Gasteiger partial charge in [0.25, 0.3) is 0 Å². The van der Waals surface area contributed by atoms with Crippen molar-refractivity contribution in [2.45, 2.75) is 6.61 Å². The standard InChI is InChI=1S/C14H7Cl2F2NO/c15-12-10(17)5-11(13(16)14(12)18)20-7-9-3-1-2-8(4-9)6-19/h1-5H,7H2. The van der Waals surface area contributed by atoms with Gasteiger partial charge in [0, 0.05) is 6.07 Å². The summed E-state index contributed by atoms with van der Waals surface area (Å²) in [7, 11) is 0. The van der Waals surface area contributed by atoms with Crippen molar-refractivity contribution in [3.8, 4) is 11.8 Å². The molecule has 2 aromatic carbocycles. The van der Waals surface area contributed by atoms with E-state index in [4.69, 9.17) is 33.2 Å². The summed E-state index contributed by atoms with van der Waals surface area (Å²) in [5.41, 5.74) is 1.14. The summed E-state index contributed by atoms with van der Waals surface area (Å²) in [6.45, 7) is 0.0236. The topological polar surface area (TPSA) is 33.0 Å². The minimum absolute atomic E-state index is 0.0236. The van der Waals surface area contributed by atoms with E-state index in [1.807, 2.05) is 6.07 Å². The number of nitriles is 1. The number of halogens is 4. The van der Waals surface area contributed by atoms with Gasteiger partial charge in [-0.2, -0.15) is 5.26 Å². The minimum Gasteiger partial charge on any atom is -0.487 e. The number of hydrogen-bond donors (Lipinski definition) is 0. The monoisotopic (exact) mass is 313 g/mol. The zero-order chi connectivity index (χ0) is 14.7. The molecule has 0 atom stereocenters. The average Bonchev–Trinajstić information content (AvgIpc) is 2.47. The molecule has 0 aromatic heterocycles. The molecule has 0 amide bonds. The molecule has 102 valence electrons. The quantitative estimate of drug-likeness (QED) is 0.606. The summed E-state index contributed by atoms with van der Waals surface area (Å²) in [5.74, 6) is -2.16. The lowest BCUT2D eigenvalue weighted by atomic mass is 10.1. The van der Waals surface area contributed by atoms with E-state index in [2.05, 4.69) is 0 Å². The second-order valence-corrected chi connectivity index (χ2v) is 4.66. The van der Waals surface area contributed by atoms with Crippen LogP contribution in [0, 0.1) is 23.0 Å². The van der Waals surface area contributed by atoms with Crippen molar-refractivity contribution in [2.75, 3.05) is 0 Å². The highest BCUT2D eigenvalue weighted by Gasteiger charge is 2.16. The molecular weight excluding hydrogens is 307 g/mol. The molecule has 0 aliphatic carbocycles.